The highest BCUT2D eigenvalue weighted by Crippen LogP contribution is 2.44. The summed E-state index contributed by atoms with van der Waals surface area (Å²) < 4.78 is 0. The molecule has 3 rings (SSSR count). The maximum atomic E-state index is 12.0. The number of hydrogen-bond acceptors (Lipinski definition) is 5. The van der Waals surface area contributed by atoms with Crippen molar-refractivity contribution in [2.45, 2.75) is 10.9 Å². The number of thioether (sulfide) groups is 1. The fourth-order valence-electron chi connectivity index (χ4n) is 2.15. The van der Waals surface area contributed by atoms with Crippen molar-refractivity contribution in [3.05, 3.63) is 29.8 Å². The standard InChI is InChI=1S/C11H9N3O3S/c12-10-14-8(15)7(18-10)11(17)5-3-1-2-4-6(5)13-9(11)16/h1-4,7,17H,(H,13,16)(H2,12,14,15)/t7-,11-/m0/s1. The van der Waals surface area contributed by atoms with Crippen molar-refractivity contribution in [3.63, 3.8) is 0 Å². The number of carbonyl (C=O) groups is 2. The van der Waals surface area contributed by atoms with E-state index in [2.05, 4.69) is 10.3 Å². The van der Waals surface area contributed by atoms with E-state index in [-0.39, 0.29) is 5.17 Å². The molecule has 0 radical (unpaired) electrons. The van der Waals surface area contributed by atoms with Crippen LogP contribution in [0.5, 0.6) is 0 Å². The Labute approximate surface area is 106 Å². The van der Waals surface area contributed by atoms with Gasteiger partial charge in [0.1, 0.15) is 5.25 Å². The minimum Gasteiger partial charge on any atom is -0.378 e. The van der Waals surface area contributed by atoms with E-state index >= 15 is 0 Å². The average Bonchev–Trinajstić information content (AvgIpc) is 2.80. The molecule has 2 aliphatic heterocycles. The number of rotatable bonds is 1. The fraction of sp³-hybridized carbons (Fsp3) is 0.182. The molecule has 18 heavy (non-hydrogen) atoms. The van der Waals surface area contributed by atoms with Crippen LogP contribution in [0.15, 0.2) is 29.3 Å². The lowest BCUT2D eigenvalue weighted by molar-refractivity contribution is -0.138. The summed E-state index contributed by atoms with van der Waals surface area (Å²) in [5.41, 5.74) is 4.43. The molecule has 1 aromatic carbocycles. The van der Waals surface area contributed by atoms with Crippen LogP contribution >= 0.6 is 11.8 Å². The second-order valence-corrected chi connectivity index (χ2v) is 5.18. The predicted octanol–water partition coefficient (Wildman–Crippen LogP) is -0.217. The first kappa shape index (κ1) is 11.2. The molecule has 6 nitrogen and oxygen atoms in total. The average molecular weight is 263 g/mol. The van der Waals surface area contributed by atoms with E-state index in [4.69, 9.17) is 5.73 Å². The van der Waals surface area contributed by atoms with Crippen LogP contribution in [0.3, 0.4) is 0 Å². The third kappa shape index (κ3) is 1.31. The molecule has 2 amide bonds. The van der Waals surface area contributed by atoms with Crippen LogP contribution < -0.4 is 11.1 Å². The summed E-state index contributed by atoms with van der Waals surface area (Å²) in [6.45, 7) is 0. The van der Waals surface area contributed by atoms with Gasteiger partial charge >= 0.3 is 0 Å². The van der Waals surface area contributed by atoms with Crippen LogP contribution in [0.4, 0.5) is 5.69 Å². The molecule has 2 heterocycles. The molecule has 0 fully saturated rings. The maximum absolute atomic E-state index is 12.0. The van der Waals surface area contributed by atoms with Crippen LogP contribution in [0, 0.1) is 0 Å². The summed E-state index contributed by atoms with van der Waals surface area (Å²) in [4.78, 5) is 27.2. The number of benzene rings is 1. The molecule has 0 aromatic heterocycles. The van der Waals surface area contributed by atoms with Gasteiger partial charge in [0.15, 0.2) is 10.8 Å². The third-order valence-electron chi connectivity index (χ3n) is 2.99. The monoisotopic (exact) mass is 263 g/mol. The number of aliphatic hydroxyl groups is 1. The van der Waals surface area contributed by atoms with E-state index in [9.17, 15) is 14.7 Å². The summed E-state index contributed by atoms with van der Waals surface area (Å²) >= 11 is 0.904. The highest BCUT2D eigenvalue weighted by Gasteiger charge is 2.56. The van der Waals surface area contributed by atoms with E-state index in [1.54, 1.807) is 24.3 Å². The number of nitrogens with two attached hydrogens (primary N) is 1. The van der Waals surface area contributed by atoms with Crippen molar-refractivity contribution in [1.29, 1.82) is 0 Å². The first-order valence-corrected chi connectivity index (χ1v) is 6.09. The number of para-hydroxylation sites is 1. The molecule has 7 heteroatoms. The molecule has 0 spiro atoms. The molecule has 1 aromatic rings. The Kier molecular flexibility index (Phi) is 2.23. The Bertz CT molecular complexity index is 601. The van der Waals surface area contributed by atoms with E-state index in [0.29, 0.717) is 11.3 Å². The van der Waals surface area contributed by atoms with Crippen LogP contribution in [-0.2, 0) is 15.2 Å². The van der Waals surface area contributed by atoms with E-state index in [0.717, 1.165) is 11.8 Å². The van der Waals surface area contributed by atoms with Crippen molar-refractivity contribution < 1.29 is 14.7 Å². The van der Waals surface area contributed by atoms with Crippen LogP contribution in [0.1, 0.15) is 5.56 Å². The van der Waals surface area contributed by atoms with Gasteiger partial charge in [-0.05, 0) is 6.07 Å². The van der Waals surface area contributed by atoms with Gasteiger partial charge in [0.25, 0.3) is 11.8 Å². The summed E-state index contributed by atoms with van der Waals surface area (Å²) in [5, 5.41) is 12.2. The van der Waals surface area contributed by atoms with E-state index in [1.807, 2.05) is 0 Å². The van der Waals surface area contributed by atoms with Gasteiger partial charge in [-0.15, -0.1) is 0 Å². The molecular formula is C11H9N3O3S. The number of nitrogens with zero attached hydrogens (tertiary/aromatic N) is 1. The van der Waals surface area contributed by atoms with Crippen LogP contribution in [0.25, 0.3) is 0 Å². The minimum atomic E-state index is -1.91. The largest absolute Gasteiger partial charge is 0.378 e. The minimum absolute atomic E-state index is 0.0654. The molecule has 0 saturated carbocycles. The molecule has 2 atom stereocenters. The second kappa shape index (κ2) is 3.56. The number of fused-ring (bicyclic) bond motifs is 1. The van der Waals surface area contributed by atoms with Crippen molar-refractivity contribution >= 4 is 34.4 Å². The second-order valence-electron chi connectivity index (χ2n) is 4.05. The van der Waals surface area contributed by atoms with Gasteiger partial charge in [-0.1, -0.05) is 30.0 Å². The van der Waals surface area contributed by atoms with Gasteiger partial charge in [-0.25, -0.2) is 0 Å². The molecule has 92 valence electrons. The molecule has 0 unspecified atom stereocenters. The zero-order chi connectivity index (χ0) is 12.9. The first-order valence-electron chi connectivity index (χ1n) is 5.21. The number of carbonyl (C=O) groups excluding carboxylic acids is 2. The number of nitrogens with one attached hydrogen (secondary N) is 1. The topological polar surface area (TPSA) is 105 Å². The van der Waals surface area contributed by atoms with Crippen LogP contribution in [-0.4, -0.2) is 27.3 Å². The first-order chi connectivity index (χ1) is 8.53. The number of aliphatic imine (C=N–C) groups is 1. The van der Waals surface area contributed by atoms with Crippen LogP contribution in [0.2, 0.25) is 0 Å². The quantitative estimate of drug-likeness (QED) is 0.650. The van der Waals surface area contributed by atoms with Crippen molar-refractivity contribution in [2.24, 2.45) is 10.7 Å². The molecule has 4 N–H and O–H groups in total. The lowest BCUT2D eigenvalue weighted by Crippen LogP contribution is -2.46. The lowest BCUT2D eigenvalue weighted by atomic mass is 9.91. The zero-order valence-corrected chi connectivity index (χ0v) is 9.90. The van der Waals surface area contributed by atoms with Crippen molar-refractivity contribution in [3.8, 4) is 0 Å². The van der Waals surface area contributed by atoms with Gasteiger partial charge in [0.2, 0.25) is 0 Å². The molecule has 0 saturated heterocycles. The number of anilines is 1. The summed E-state index contributed by atoms with van der Waals surface area (Å²) in [6.07, 6.45) is 0. The van der Waals surface area contributed by atoms with Crippen molar-refractivity contribution in [1.82, 2.24) is 0 Å². The highest BCUT2D eigenvalue weighted by atomic mass is 32.2. The van der Waals surface area contributed by atoms with Gasteiger partial charge in [-0.3, -0.25) is 9.59 Å². The number of hydrogen-bond donors (Lipinski definition) is 3. The predicted molar refractivity (Wildman–Crippen MR) is 67.0 cm³/mol. The van der Waals surface area contributed by atoms with Gasteiger partial charge in [0, 0.05) is 11.3 Å². The zero-order valence-electron chi connectivity index (χ0n) is 9.08. The Morgan fingerprint density at radius 1 is 1.39 bits per heavy atom. The summed E-state index contributed by atoms with van der Waals surface area (Å²) in [6, 6.07) is 6.70. The third-order valence-corrected chi connectivity index (χ3v) is 4.11. The lowest BCUT2D eigenvalue weighted by Gasteiger charge is -2.24. The molecule has 0 bridgehead atoms. The fourth-order valence-corrected chi connectivity index (χ4v) is 3.10. The Balaban J connectivity index is 2.11. The van der Waals surface area contributed by atoms with Gasteiger partial charge in [0.05, 0.1) is 0 Å². The Morgan fingerprint density at radius 3 is 2.78 bits per heavy atom. The summed E-state index contributed by atoms with van der Waals surface area (Å²) in [5.74, 6) is -1.22. The highest BCUT2D eigenvalue weighted by molar-refractivity contribution is 8.15. The SMILES string of the molecule is NC1=NC(=O)[C@@H]([C@]2(O)C(=O)Nc3ccccc32)S1. The van der Waals surface area contributed by atoms with Gasteiger partial charge in [-0.2, -0.15) is 4.99 Å². The number of amidine groups is 1. The maximum Gasteiger partial charge on any atom is 0.265 e. The smallest absolute Gasteiger partial charge is 0.265 e. The normalized spacial score (nSPS) is 30.1. The molecule has 2 aliphatic rings. The Morgan fingerprint density at radius 2 is 2.11 bits per heavy atom. The molecule has 0 aliphatic carbocycles. The molecular weight excluding hydrogens is 254 g/mol. The van der Waals surface area contributed by atoms with E-state index in [1.165, 1.54) is 0 Å². The van der Waals surface area contributed by atoms with Crippen molar-refractivity contribution in [2.75, 3.05) is 5.32 Å². The van der Waals surface area contributed by atoms with Gasteiger partial charge < -0.3 is 16.2 Å². The Hall–Kier alpha value is -1.86. The summed E-state index contributed by atoms with van der Waals surface area (Å²) in [7, 11) is 0. The van der Waals surface area contributed by atoms with E-state index < -0.39 is 22.7 Å². The number of amides is 2.